The van der Waals surface area contributed by atoms with E-state index in [0.29, 0.717) is 11.5 Å². The van der Waals surface area contributed by atoms with Crippen LogP contribution in [0, 0.1) is 0 Å². The van der Waals surface area contributed by atoms with Gasteiger partial charge in [0.05, 0.1) is 5.71 Å². The Hall–Kier alpha value is -1.82. The Balaban J connectivity index is 2.49. The first-order chi connectivity index (χ1) is 7.59. The van der Waals surface area contributed by atoms with Crippen LogP contribution in [0.1, 0.15) is 6.92 Å². The number of hydrogen-bond acceptors (Lipinski definition) is 4. The van der Waals surface area contributed by atoms with Crippen LogP contribution in [-0.4, -0.2) is 22.5 Å². The van der Waals surface area contributed by atoms with E-state index in [2.05, 4.69) is 22.7 Å². The summed E-state index contributed by atoms with van der Waals surface area (Å²) in [7, 11) is 0. The highest BCUT2D eigenvalue weighted by atomic mass is 32.1. The zero-order valence-electron chi connectivity index (χ0n) is 8.80. The van der Waals surface area contributed by atoms with Crippen molar-refractivity contribution in [1.82, 2.24) is 5.43 Å². The number of hydrogen-bond donors (Lipinski definition) is 3. The maximum atomic E-state index is 9.42. The van der Waals surface area contributed by atoms with Crippen molar-refractivity contribution in [3.05, 3.63) is 24.3 Å². The fourth-order valence-corrected chi connectivity index (χ4v) is 0.990. The maximum Gasteiger partial charge on any atom is 0.184 e. The van der Waals surface area contributed by atoms with Crippen LogP contribution in [0.25, 0.3) is 0 Å². The zero-order valence-corrected chi connectivity index (χ0v) is 9.62. The van der Waals surface area contributed by atoms with E-state index in [1.165, 1.54) is 0 Å². The lowest BCUT2D eigenvalue weighted by Crippen LogP contribution is -2.26. The molecule has 0 fully saturated rings. The van der Waals surface area contributed by atoms with Crippen LogP contribution < -0.4 is 15.9 Å². The lowest BCUT2D eigenvalue weighted by atomic mass is 10.3. The summed E-state index contributed by atoms with van der Waals surface area (Å²) >= 11 is 4.59. The Labute approximate surface area is 98.9 Å². The molecule has 0 atom stereocenters. The first-order valence-corrected chi connectivity index (χ1v) is 5.00. The molecule has 0 amide bonds. The molecule has 86 valence electrons. The second-order valence-corrected chi connectivity index (χ2v) is 3.52. The molecule has 0 spiro atoms. The molecule has 4 N–H and O–H groups in total. The number of benzene rings is 1. The van der Waals surface area contributed by atoms with Gasteiger partial charge in [0, 0.05) is 0 Å². The maximum absolute atomic E-state index is 9.42. The van der Waals surface area contributed by atoms with Crippen LogP contribution in [-0.2, 0) is 0 Å². The number of hydrazone groups is 1. The minimum Gasteiger partial charge on any atom is -0.504 e. The van der Waals surface area contributed by atoms with Crippen LogP contribution in [0.4, 0.5) is 0 Å². The van der Waals surface area contributed by atoms with Crippen LogP contribution >= 0.6 is 12.2 Å². The van der Waals surface area contributed by atoms with Gasteiger partial charge in [0.2, 0.25) is 0 Å². The molecule has 1 rings (SSSR count). The lowest BCUT2D eigenvalue weighted by Gasteiger charge is -2.07. The fourth-order valence-electron chi connectivity index (χ4n) is 0.944. The predicted molar refractivity (Wildman–Crippen MR) is 66.6 cm³/mol. The molecule has 5 nitrogen and oxygen atoms in total. The third kappa shape index (κ3) is 4.14. The first kappa shape index (κ1) is 12.3. The van der Waals surface area contributed by atoms with E-state index in [1.54, 1.807) is 31.2 Å². The SMILES string of the molecule is C/C(COc1ccccc1O)=N/NC(N)=S. The van der Waals surface area contributed by atoms with Crippen molar-refractivity contribution in [3.63, 3.8) is 0 Å². The molecule has 1 aromatic rings. The van der Waals surface area contributed by atoms with Crippen LogP contribution in [0.2, 0.25) is 0 Å². The van der Waals surface area contributed by atoms with Crippen molar-refractivity contribution >= 4 is 23.0 Å². The molecular formula is C10H13N3O2S. The Morgan fingerprint density at radius 3 is 2.88 bits per heavy atom. The number of thiocarbonyl (C=S) groups is 1. The van der Waals surface area contributed by atoms with Crippen molar-refractivity contribution in [2.24, 2.45) is 10.8 Å². The molecule has 0 saturated carbocycles. The van der Waals surface area contributed by atoms with Crippen LogP contribution in [0.5, 0.6) is 11.5 Å². The van der Waals surface area contributed by atoms with E-state index < -0.39 is 0 Å². The second-order valence-electron chi connectivity index (χ2n) is 3.08. The molecule has 0 bridgehead atoms. The molecule has 0 unspecified atom stereocenters. The van der Waals surface area contributed by atoms with Gasteiger partial charge in [0.1, 0.15) is 6.61 Å². The molecule has 16 heavy (non-hydrogen) atoms. The Bertz CT molecular complexity index is 407. The molecule has 1 aromatic carbocycles. The van der Waals surface area contributed by atoms with Crippen molar-refractivity contribution in [1.29, 1.82) is 0 Å². The van der Waals surface area contributed by atoms with Gasteiger partial charge in [-0.1, -0.05) is 12.1 Å². The van der Waals surface area contributed by atoms with Crippen molar-refractivity contribution in [3.8, 4) is 11.5 Å². The summed E-state index contributed by atoms with van der Waals surface area (Å²) in [5.74, 6) is 0.505. The number of nitrogens with one attached hydrogen (secondary N) is 1. The monoisotopic (exact) mass is 239 g/mol. The van der Waals surface area contributed by atoms with Crippen LogP contribution in [0.15, 0.2) is 29.4 Å². The predicted octanol–water partition coefficient (Wildman–Crippen LogP) is 0.980. The number of phenolic OH excluding ortho intramolecular Hbond substituents is 1. The van der Waals surface area contributed by atoms with E-state index in [-0.39, 0.29) is 17.5 Å². The fraction of sp³-hybridized carbons (Fsp3) is 0.200. The summed E-state index contributed by atoms with van der Waals surface area (Å²) < 4.78 is 5.33. The molecular weight excluding hydrogens is 226 g/mol. The average molecular weight is 239 g/mol. The minimum atomic E-state index is 0.0950. The van der Waals surface area contributed by atoms with Gasteiger partial charge >= 0.3 is 0 Å². The molecule has 0 heterocycles. The number of rotatable bonds is 4. The number of aromatic hydroxyl groups is 1. The zero-order chi connectivity index (χ0) is 12.0. The Kier molecular flexibility index (Phi) is 4.53. The molecule has 0 aliphatic carbocycles. The van der Waals surface area contributed by atoms with Gasteiger partial charge in [-0.25, -0.2) is 0 Å². The van der Waals surface area contributed by atoms with Crippen molar-refractivity contribution in [2.45, 2.75) is 6.92 Å². The summed E-state index contributed by atoms with van der Waals surface area (Å²) in [6, 6.07) is 6.71. The van der Waals surface area contributed by atoms with Gasteiger partial charge in [-0.05, 0) is 31.3 Å². The summed E-state index contributed by atoms with van der Waals surface area (Å²) in [6.07, 6.45) is 0. The van der Waals surface area contributed by atoms with Crippen molar-refractivity contribution in [2.75, 3.05) is 6.61 Å². The second kappa shape index (κ2) is 5.92. The highest BCUT2D eigenvalue weighted by molar-refractivity contribution is 7.80. The van der Waals surface area contributed by atoms with Gasteiger partial charge in [-0.2, -0.15) is 5.10 Å². The van der Waals surface area contributed by atoms with E-state index in [4.69, 9.17) is 10.5 Å². The van der Waals surface area contributed by atoms with Gasteiger partial charge in [0.15, 0.2) is 16.6 Å². The van der Waals surface area contributed by atoms with Gasteiger partial charge in [0.25, 0.3) is 0 Å². The standard InChI is InChI=1S/C10H13N3O2S/c1-7(12-13-10(11)16)6-15-9-5-3-2-4-8(9)14/h2-5,14H,6H2,1H3,(H3,11,13,16)/b12-7-. The van der Waals surface area contributed by atoms with Gasteiger partial charge < -0.3 is 15.6 Å². The molecule has 6 heteroatoms. The number of nitrogens with zero attached hydrogens (tertiary/aromatic N) is 1. The Morgan fingerprint density at radius 2 is 2.25 bits per heavy atom. The summed E-state index contributed by atoms with van der Waals surface area (Å²) in [4.78, 5) is 0. The third-order valence-corrected chi connectivity index (χ3v) is 1.75. The average Bonchev–Trinajstić information content (AvgIpc) is 2.25. The molecule has 0 aliphatic rings. The highest BCUT2D eigenvalue weighted by Crippen LogP contribution is 2.23. The normalized spacial score (nSPS) is 10.9. The first-order valence-electron chi connectivity index (χ1n) is 4.59. The Morgan fingerprint density at radius 1 is 1.56 bits per heavy atom. The van der Waals surface area contributed by atoms with E-state index in [0.717, 1.165) is 0 Å². The van der Waals surface area contributed by atoms with Gasteiger partial charge in [-0.15, -0.1) is 0 Å². The summed E-state index contributed by atoms with van der Waals surface area (Å²) in [5, 5.41) is 13.4. The largest absolute Gasteiger partial charge is 0.504 e. The summed E-state index contributed by atoms with van der Waals surface area (Å²) in [6.45, 7) is 2.00. The number of ether oxygens (including phenoxy) is 1. The van der Waals surface area contributed by atoms with E-state index in [1.807, 2.05) is 0 Å². The van der Waals surface area contributed by atoms with E-state index >= 15 is 0 Å². The topological polar surface area (TPSA) is 79.9 Å². The molecule has 0 saturated heterocycles. The van der Waals surface area contributed by atoms with E-state index in [9.17, 15) is 5.11 Å². The number of phenols is 1. The molecule has 0 aliphatic heterocycles. The number of para-hydroxylation sites is 2. The van der Waals surface area contributed by atoms with Crippen LogP contribution in [0.3, 0.4) is 0 Å². The summed E-state index contributed by atoms with van der Waals surface area (Å²) in [5.41, 5.74) is 8.32. The number of nitrogens with two attached hydrogens (primary N) is 1. The highest BCUT2D eigenvalue weighted by Gasteiger charge is 2.00. The molecule has 0 radical (unpaired) electrons. The quantitative estimate of drug-likeness (QED) is 0.414. The minimum absolute atomic E-state index is 0.0950. The van der Waals surface area contributed by atoms with Crippen molar-refractivity contribution < 1.29 is 9.84 Å². The third-order valence-electron chi connectivity index (χ3n) is 1.66. The smallest absolute Gasteiger partial charge is 0.184 e. The lowest BCUT2D eigenvalue weighted by molar-refractivity contribution is 0.346. The van der Waals surface area contributed by atoms with Gasteiger partial charge in [-0.3, -0.25) is 5.43 Å². The molecule has 0 aromatic heterocycles.